The van der Waals surface area contributed by atoms with Gasteiger partial charge in [-0.25, -0.2) is 0 Å². The fraction of sp³-hybridized carbons (Fsp3) is 0.412. The highest BCUT2D eigenvalue weighted by Crippen LogP contribution is 2.14. The zero-order valence-electron chi connectivity index (χ0n) is 13.4. The Labute approximate surface area is 135 Å². The van der Waals surface area contributed by atoms with Crippen molar-refractivity contribution in [2.75, 3.05) is 19.8 Å². The Bertz CT molecular complexity index is 663. The maximum atomic E-state index is 12.8. The molecule has 1 aliphatic rings. The molecule has 1 aliphatic heterocycles. The summed E-state index contributed by atoms with van der Waals surface area (Å²) in [7, 11) is 1.88. The van der Waals surface area contributed by atoms with E-state index in [1.54, 1.807) is 9.58 Å². The van der Waals surface area contributed by atoms with Gasteiger partial charge in [-0.1, -0.05) is 18.2 Å². The van der Waals surface area contributed by atoms with Gasteiger partial charge in [0.25, 0.3) is 5.91 Å². The third-order valence-electron chi connectivity index (χ3n) is 3.82. The molecule has 0 bridgehead atoms. The maximum Gasteiger partial charge on any atom is 0.254 e. The molecule has 0 N–H and O–H groups in total. The van der Waals surface area contributed by atoms with Crippen molar-refractivity contribution in [3.63, 3.8) is 0 Å². The van der Waals surface area contributed by atoms with Crippen LogP contribution in [0.3, 0.4) is 0 Å². The molecule has 23 heavy (non-hydrogen) atoms. The van der Waals surface area contributed by atoms with Gasteiger partial charge in [0.1, 0.15) is 0 Å². The first-order valence-corrected chi connectivity index (χ1v) is 7.70. The zero-order valence-corrected chi connectivity index (χ0v) is 13.4. The topological polar surface area (TPSA) is 56.6 Å². The summed E-state index contributed by atoms with van der Waals surface area (Å²) >= 11 is 0. The molecule has 1 amide bonds. The highest BCUT2D eigenvalue weighted by atomic mass is 16.7. The van der Waals surface area contributed by atoms with Crippen molar-refractivity contribution in [1.82, 2.24) is 14.7 Å². The quantitative estimate of drug-likeness (QED) is 0.843. The van der Waals surface area contributed by atoms with Crippen LogP contribution in [0.25, 0.3) is 0 Å². The Kier molecular flexibility index (Phi) is 4.73. The molecule has 1 aromatic carbocycles. The van der Waals surface area contributed by atoms with Crippen molar-refractivity contribution in [3.8, 4) is 0 Å². The Morgan fingerprint density at radius 1 is 1.30 bits per heavy atom. The molecule has 0 atom stereocenters. The van der Waals surface area contributed by atoms with Crippen molar-refractivity contribution in [1.29, 1.82) is 0 Å². The summed E-state index contributed by atoms with van der Waals surface area (Å²) in [5.74, 6) is -0.0384. The lowest BCUT2D eigenvalue weighted by Gasteiger charge is -2.25. The number of ether oxygens (including phenoxy) is 2. The van der Waals surface area contributed by atoms with Gasteiger partial charge < -0.3 is 14.4 Å². The highest BCUT2D eigenvalue weighted by Gasteiger charge is 2.25. The van der Waals surface area contributed by atoms with Gasteiger partial charge in [-0.2, -0.15) is 5.10 Å². The molecular weight excluding hydrogens is 294 g/mol. The molecule has 0 radical (unpaired) electrons. The van der Waals surface area contributed by atoms with Crippen LogP contribution in [0.2, 0.25) is 0 Å². The van der Waals surface area contributed by atoms with Crippen LogP contribution in [0.1, 0.15) is 21.7 Å². The molecule has 122 valence electrons. The molecule has 2 heterocycles. The molecule has 1 aromatic heterocycles. The van der Waals surface area contributed by atoms with Gasteiger partial charge in [-0.15, -0.1) is 0 Å². The molecule has 0 aliphatic carbocycles. The van der Waals surface area contributed by atoms with Crippen molar-refractivity contribution < 1.29 is 14.3 Å². The number of amides is 1. The Hall–Kier alpha value is -2.18. The number of benzene rings is 1. The predicted molar refractivity (Wildman–Crippen MR) is 84.8 cm³/mol. The molecule has 1 fully saturated rings. The third-order valence-corrected chi connectivity index (χ3v) is 3.82. The lowest BCUT2D eigenvalue weighted by molar-refractivity contribution is -0.0587. The smallest absolute Gasteiger partial charge is 0.254 e. The van der Waals surface area contributed by atoms with E-state index in [9.17, 15) is 4.79 Å². The second-order valence-electron chi connectivity index (χ2n) is 5.62. The lowest BCUT2D eigenvalue weighted by Crippen LogP contribution is -2.38. The van der Waals surface area contributed by atoms with Gasteiger partial charge >= 0.3 is 0 Å². The van der Waals surface area contributed by atoms with E-state index < -0.39 is 0 Å². The zero-order chi connectivity index (χ0) is 16.2. The molecule has 2 aromatic rings. The maximum absolute atomic E-state index is 12.8. The van der Waals surface area contributed by atoms with Gasteiger partial charge in [-0.3, -0.25) is 9.48 Å². The number of aromatic nitrogens is 2. The first-order valence-electron chi connectivity index (χ1n) is 7.70. The Morgan fingerprint density at radius 3 is 2.61 bits per heavy atom. The summed E-state index contributed by atoms with van der Waals surface area (Å²) in [5.41, 5.74) is 2.57. The minimum Gasteiger partial charge on any atom is -0.348 e. The predicted octanol–water partition coefficient (Wildman–Crippen LogP) is 1.74. The van der Waals surface area contributed by atoms with E-state index in [0.29, 0.717) is 31.9 Å². The fourth-order valence-electron chi connectivity index (χ4n) is 2.68. The SMILES string of the molecule is Cc1cc(CN(CC2OCCO2)C(=O)c2ccccc2)n(C)n1. The monoisotopic (exact) mass is 315 g/mol. The van der Waals surface area contributed by atoms with E-state index >= 15 is 0 Å². The lowest BCUT2D eigenvalue weighted by atomic mass is 10.2. The van der Waals surface area contributed by atoms with E-state index in [1.165, 1.54) is 0 Å². The summed E-state index contributed by atoms with van der Waals surface area (Å²) in [4.78, 5) is 14.6. The normalized spacial score (nSPS) is 15.0. The second-order valence-corrected chi connectivity index (χ2v) is 5.62. The minimum absolute atomic E-state index is 0.0384. The van der Waals surface area contributed by atoms with Crippen LogP contribution in [0, 0.1) is 6.92 Å². The van der Waals surface area contributed by atoms with Gasteiger partial charge in [0, 0.05) is 12.6 Å². The van der Waals surface area contributed by atoms with Gasteiger partial charge in [0.2, 0.25) is 0 Å². The van der Waals surface area contributed by atoms with Gasteiger partial charge in [-0.05, 0) is 25.1 Å². The van der Waals surface area contributed by atoms with E-state index in [-0.39, 0.29) is 12.2 Å². The average Bonchev–Trinajstić information content (AvgIpc) is 3.17. The molecular formula is C17H21N3O3. The Morgan fingerprint density at radius 2 is 2.00 bits per heavy atom. The molecule has 0 spiro atoms. The summed E-state index contributed by atoms with van der Waals surface area (Å²) in [6.45, 7) is 3.95. The molecule has 0 saturated carbocycles. The van der Waals surface area contributed by atoms with Crippen LogP contribution in [0.4, 0.5) is 0 Å². The number of aryl methyl sites for hydroxylation is 2. The largest absolute Gasteiger partial charge is 0.348 e. The number of hydrogen-bond acceptors (Lipinski definition) is 4. The third kappa shape index (κ3) is 3.78. The van der Waals surface area contributed by atoms with E-state index in [2.05, 4.69) is 5.10 Å². The number of carbonyl (C=O) groups excluding carboxylic acids is 1. The number of carbonyl (C=O) groups is 1. The van der Waals surface area contributed by atoms with Gasteiger partial charge in [0.05, 0.1) is 37.7 Å². The summed E-state index contributed by atoms with van der Waals surface area (Å²) in [6.07, 6.45) is -0.364. The van der Waals surface area contributed by atoms with E-state index in [4.69, 9.17) is 9.47 Å². The fourth-order valence-corrected chi connectivity index (χ4v) is 2.68. The standard InChI is InChI=1S/C17H21N3O3/c1-13-10-15(19(2)18-13)11-20(12-16-22-8-9-23-16)17(21)14-6-4-3-5-7-14/h3-7,10,16H,8-9,11-12H2,1-2H3. The van der Waals surface area contributed by atoms with E-state index in [1.807, 2.05) is 50.4 Å². The number of hydrogen-bond donors (Lipinski definition) is 0. The molecule has 6 nitrogen and oxygen atoms in total. The van der Waals surface area contributed by atoms with Crippen molar-refractivity contribution >= 4 is 5.91 Å². The summed E-state index contributed by atoms with van der Waals surface area (Å²) < 4.78 is 12.8. The molecule has 1 saturated heterocycles. The van der Waals surface area contributed by atoms with Crippen molar-refractivity contribution in [2.24, 2.45) is 7.05 Å². The van der Waals surface area contributed by atoms with Crippen LogP contribution < -0.4 is 0 Å². The summed E-state index contributed by atoms with van der Waals surface area (Å²) in [5, 5.41) is 4.34. The van der Waals surface area contributed by atoms with Crippen LogP contribution >= 0.6 is 0 Å². The second kappa shape index (κ2) is 6.93. The van der Waals surface area contributed by atoms with Crippen molar-refractivity contribution in [2.45, 2.75) is 19.8 Å². The van der Waals surface area contributed by atoms with E-state index in [0.717, 1.165) is 11.4 Å². The van der Waals surface area contributed by atoms with Crippen molar-refractivity contribution in [3.05, 3.63) is 53.3 Å². The average molecular weight is 315 g/mol. The van der Waals surface area contributed by atoms with Crippen LogP contribution in [-0.2, 0) is 23.1 Å². The number of rotatable bonds is 5. The summed E-state index contributed by atoms with van der Waals surface area (Å²) in [6, 6.07) is 11.3. The Balaban J connectivity index is 1.80. The number of nitrogens with zero attached hydrogens (tertiary/aromatic N) is 3. The first kappa shape index (κ1) is 15.7. The highest BCUT2D eigenvalue weighted by molar-refractivity contribution is 5.94. The van der Waals surface area contributed by atoms with Crippen LogP contribution in [0.5, 0.6) is 0 Å². The molecule has 0 unspecified atom stereocenters. The minimum atomic E-state index is -0.364. The van der Waals surface area contributed by atoms with Gasteiger partial charge in [0.15, 0.2) is 6.29 Å². The molecule has 6 heteroatoms. The molecule has 3 rings (SSSR count). The first-order chi connectivity index (χ1) is 11.1. The van der Waals surface area contributed by atoms with Crippen LogP contribution in [-0.4, -0.2) is 46.6 Å². The van der Waals surface area contributed by atoms with Crippen LogP contribution in [0.15, 0.2) is 36.4 Å².